The predicted molar refractivity (Wildman–Crippen MR) is 73.5 cm³/mol. The highest BCUT2D eigenvalue weighted by atomic mass is 35.5. The van der Waals surface area contributed by atoms with Crippen LogP contribution >= 0.6 is 23.2 Å². The van der Waals surface area contributed by atoms with Gasteiger partial charge in [-0.25, -0.2) is 8.78 Å². The lowest BCUT2D eigenvalue weighted by Crippen LogP contribution is -2.14. The van der Waals surface area contributed by atoms with Crippen molar-refractivity contribution >= 4 is 23.2 Å². The molecule has 0 aliphatic rings. The summed E-state index contributed by atoms with van der Waals surface area (Å²) in [6, 6.07) is 8.51. The van der Waals surface area contributed by atoms with Gasteiger partial charge in [0.2, 0.25) is 0 Å². The quantitative estimate of drug-likeness (QED) is 0.886. The van der Waals surface area contributed by atoms with Crippen molar-refractivity contribution in [3.8, 4) is 0 Å². The fourth-order valence-corrected chi connectivity index (χ4v) is 2.12. The first-order valence-corrected chi connectivity index (χ1v) is 6.38. The Morgan fingerprint density at radius 2 is 1.79 bits per heavy atom. The molecule has 2 aromatic carbocycles. The van der Waals surface area contributed by atoms with Crippen LogP contribution < -0.4 is 5.73 Å². The van der Waals surface area contributed by atoms with Crippen LogP contribution in [0.4, 0.5) is 8.78 Å². The Labute approximate surface area is 119 Å². The lowest BCUT2D eigenvalue weighted by molar-refractivity contribution is 0.590. The molecule has 0 aliphatic carbocycles. The Balaban J connectivity index is 2.23. The van der Waals surface area contributed by atoms with Crippen molar-refractivity contribution in [1.82, 2.24) is 0 Å². The molecule has 0 aliphatic heterocycles. The second-order valence-electron chi connectivity index (χ2n) is 4.20. The predicted octanol–water partition coefficient (Wildman–Crippen LogP) is 4.51. The number of hydrogen-bond donors (Lipinski definition) is 1. The third-order valence-electron chi connectivity index (χ3n) is 2.84. The number of halogens is 4. The average molecular weight is 302 g/mol. The molecular weight excluding hydrogens is 291 g/mol. The normalized spacial score (nSPS) is 12.5. The minimum atomic E-state index is -0.541. The van der Waals surface area contributed by atoms with Crippen LogP contribution in [0.1, 0.15) is 17.2 Å². The zero-order valence-corrected chi connectivity index (χ0v) is 11.3. The molecule has 1 unspecified atom stereocenters. The Kier molecular flexibility index (Phi) is 4.40. The van der Waals surface area contributed by atoms with Crippen molar-refractivity contribution in [2.24, 2.45) is 5.73 Å². The molecule has 2 rings (SSSR count). The van der Waals surface area contributed by atoms with E-state index in [9.17, 15) is 8.78 Å². The molecule has 0 spiro atoms. The molecule has 2 aromatic rings. The van der Waals surface area contributed by atoms with Crippen LogP contribution in [0.25, 0.3) is 0 Å². The molecule has 100 valence electrons. The first-order chi connectivity index (χ1) is 8.99. The topological polar surface area (TPSA) is 26.0 Å². The van der Waals surface area contributed by atoms with E-state index in [1.807, 2.05) is 0 Å². The van der Waals surface area contributed by atoms with Crippen LogP contribution in [-0.4, -0.2) is 0 Å². The third kappa shape index (κ3) is 3.24. The molecule has 0 radical (unpaired) electrons. The van der Waals surface area contributed by atoms with Gasteiger partial charge in [0.25, 0.3) is 0 Å². The fourth-order valence-electron chi connectivity index (χ4n) is 1.80. The Bertz CT molecular complexity index is 602. The van der Waals surface area contributed by atoms with E-state index < -0.39 is 17.7 Å². The maximum atomic E-state index is 13.7. The van der Waals surface area contributed by atoms with Crippen LogP contribution in [0.15, 0.2) is 36.4 Å². The van der Waals surface area contributed by atoms with Crippen molar-refractivity contribution in [3.63, 3.8) is 0 Å². The van der Waals surface area contributed by atoms with E-state index in [2.05, 4.69) is 0 Å². The molecule has 1 atom stereocenters. The van der Waals surface area contributed by atoms with E-state index in [1.165, 1.54) is 18.2 Å². The van der Waals surface area contributed by atoms with Gasteiger partial charge in [-0.2, -0.15) is 0 Å². The minimum Gasteiger partial charge on any atom is -0.324 e. The van der Waals surface area contributed by atoms with Gasteiger partial charge in [-0.15, -0.1) is 0 Å². The first kappa shape index (κ1) is 14.3. The van der Waals surface area contributed by atoms with Gasteiger partial charge in [-0.1, -0.05) is 41.4 Å². The molecule has 5 heteroatoms. The SMILES string of the molecule is NC(Cc1cccc(Cl)c1F)c1ccc(Cl)c(F)c1. The van der Waals surface area contributed by atoms with Crippen molar-refractivity contribution in [1.29, 1.82) is 0 Å². The number of nitrogens with two attached hydrogens (primary N) is 1. The second-order valence-corrected chi connectivity index (χ2v) is 5.01. The van der Waals surface area contributed by atoms with Crippen LogP contribution in [0.2, 0.25) is 10.0 Å². The van der Waals surface area contributed by atoms with Crippen molar-refractivity contribution in [2.75, 3.05) is 0 Å². The van der Waals surface area contributed by atoms with Gasteiger partial charge >= 0.3 is 0 Å². The first-order valence-electron chi connectivity index (χ1n) is 5.62. The summed E-state index contributed by atoms with van der Waals surface area (Å²) < 4.78 is 27.1. The van der Waals surface area contributed by atoms with Crippen molar-refractivity contribution in [3.05, 3.63) is 69.2 Å². The summed E-state index contributed by atoms with van der Waals surface area (Å²) in [5.74, 6) is -1.03. The van der Waals surface area contributed by atoms with Crippen molar-refractivity contribution in [2.45, 2.75) is 12.5 Å². The van der Waals surface area contributed by atoms with Gasteiger partial charge in [0.05, 0.1) is 10.0 Å². The maximum Gasteiger partial charge on any atom is 0.145 e. The molecule has 2 N–H and O–H groups in total. The van der Waals surface area contributed by atoms with Gasteiger partial charge in [0, 0.05) is 6.04 Å². The highest BCUT2D eigenvalue weighted by Crippen LogP contribution is 2.24. The summed E-state index contributed by atoms with van der Waals surface area (Å²) >= 11 is 11.3. The minimum absolute atomic E-state index is 0.0323. The van der Waals surface area contributed by atoms with E-state index in [-0.39, 0.29) is 16.5 Å². The van der Waals surface area contributed by atoms with E-state index in [0.717, 1.165) is 0 Å². The number of benzene rings is 2. The summed E-state index contributed by atoms with van der Waals surface area (Å²) in [6.45, 7) is 0. The summed E-state index contributed by atoms with van der Waals surface area (Å²) in [5.41, 5.74) is 6.90. The molecule has 0 aromatic heterocycles. The zero-order chi connectivity index (χ0) is 14.0. The van der Waals surface area contributed by atoms with Crippen LogP contribution in [0, 0.1) is 11.6 Å². The maximum absolute atomic E-state index is 13.7. The highest BCUT2D eigenvalue weighted by Gasteiger charge is 2.13. The Hall–Kier alpha value is -1.16. The van der Waals surface area contributed by atoms with E-state index in [0.29, 0.717) is 11.1 Å². The summed E-state index contributed by atoms with van der Waals surface area (Å²) in [6.07, 6.45) is 0.230. The highest BCUT2D eigenvalue weighted by molar-refractivity contribution is 6.31. The van der Waals surface area contributed by atoms with Gasteiger partial charge in [0.15, 0.2) is 0 Å². The zero-order valence-electron chi connectivity index (χ0n) is 9.84. The van der Waals surface area contributed by atoms with Crippen LogP contribution in [0.3, 0.4) is 0 Å². The van der Waals surface area contributed by atoms with Crippen LogP contribution in [0.5, 0.6) is 0 Å². The molecular formula is C14H11Cl2F2N. The van der Waals surface area contributed by atoms with Gasteiger partial charge in [-0.05, 0) is 35.7 Å². The van der Waals surface area contributed by atoms with E-state index in [1.54, 1.807) is 18.2 Å². The molecule has 0 bridgehead atoms. The summed E-state index contributed by atoms with van der Waals surface area (Å²) in [4.78, 5) is 0. The van der Waals surface area contributed by atoms with Crippen molar-refractivity contribution < 1.29 is 8.78 Å². The standard InChI is InChI=1S/C14H11Cl2F2N/c15-10-5-4-8(6-12(10)17)13(19)7-9-2-1-3-11(16)14(9)18/h1-6,13H,7,19H2. The number of hydrogen-bond acceptors (Lipinski definition) is 1. The molecule has 0 amide bonds. The lowest BCUT2D eigenvalue weighted by atomic mass is 9.99. The second kappa shape index (κ2) is 5.87. The van der Waals surface area contributed by atoms with E-state index in [4.69, 9.17) is 28.9 Å². The number of rotatable bonds is 3. The molecule has 0 heterocycles. The van der Waals surface area contributed by atoms with E-state index >= 15 is 0 Å². The van der Waals surface area contributed by atoms with Gasteiger partial charge in [0.1, 0.15) is 11.6 Å². The smallest absolute Gasteiger partial charge is 0.145 e. The fraction of sp³-hybridized carbons (Fsp3) is 0.143. The Morgan fingerprint density at radius 1 is 1.05 bits per heavy atom. The average Bonchev–Trinajstić information content (AvgIpc) is 2.38. The van der Waals surface area contributed by atoms with Crippen LogP contribution in [-0.2, 0) is 6.42 Å². The van der Waals surface area contributed by atoms with Gasteiger partial charge in [-0.3, -0.25) is 0 Å². The molecule has 0 fully saturated rings. The molecule has 19 heavy (non-hydrogen) atoms. The molecule has 0 saturated heterocycles. The summed E-state index contributed by atoms with van der Waals surface area (Å²) in [5, 5.41) is 0.0804. The molecule has 1 nitrogen and oxygen atoms in total. The molecule has 0 saturated carbocycles. The van der Waals surface area contributed by atoms with Gasteiger partial charge < -0.3 is 5.73 Å². The Morgan fingerprint density at radius 3 is 2.47 bits per heavy atom. The monoisotopic (exact) mass is 301 g/mol. The largest absolute Gasteiger partial charge is 0.324 e. The lowest BCUT2D eigenvalue weighted by Gasteiger charge is -2.13. The third-order valence-corrected chi connectivity index (χ3v) is 3.44. The summed E-state index contributed by atoms with van der Waals surface area (Å²) in [7, 11) is 0.